The molecular weight excluding hydrogens is 388 g/mol. The molecule has 0 unspecified atom stereocenters. The van der Waals surface area contributed by atoms with E-state index in [0.29, 0.717) is 0 Å². The van der Waals surface area contributed by atoms with Crippen LogP contribution in [0, 0.1) is 0 Å². The Kier molecular flexibility index (Phi) is 8.90. The maximum atomic E-state index is 10.3. The average molecular weight is 416 g/mol. The van der Waals surface area contributed by atoms with E-state index in [9.17, 15) is 40.9 Å². The number of hydrogen-bond acceptors (Lipinski definition) is 13. The Labute approximate surface area is 159 Å². The SMILES string of the molecule is OC[C@@H](O)CO[C@H]1O[C@H](CO)[C@H](O[C@@H]2O[C@H](CO)[C@H](O)[C@H](O)[C@H]2O)[C@H](O)[C@H]1O. The topological polar surface area (TPSA) is 219 Å². The lowest BCUT2D eigenvalue weighted by Crippen LogP contribution is -2.64. The van der Waals surface area contributed by atoms with Crippen molar-refractivity contribution in [2.24, 2.45) is 0 Å². The van der Waals surface area contributed by atoms with E-state index in [0.717, 1.165) is 0 Å². The highest BCUT2D eigenvalue weighted by molar-refractivity contribution is 4.94. The molecule has 0 amide bonds. The number of ether oxygens (including phenoxy) is 4. The van der Waals surface area contributed by atoms with Gasteiger partial charge < -0.3 is 64.9 Å². The predicted octanol–water partition coefficient (Wildman–Crippen LogP) is -6.02. The van der Waals surface area contributed by atoms with E-state index in [4.69, 9.17) is 24.1 Å². The van der Waals surface area contributed by atoms with Gasteiger partial charge in [0.25, 0.3) is 0 Å². The zero-order chi connectivity index (χ0) is 21.0. The van der Waals surface area contributed by atoms with Gasteiger partial charge in [-0.05, 0) is 0 Å². The van der Waals surface area contributed by atoms with Gasteiger partial charge in [0.1, 0.15) is 54.9 Å². The van der Waals surface area contributed by atoms with Gasteiger partial charge in [-0.3, -0.25) is 0 Å². The number of hydrogen-bond donors (Lipinski definition) is 9. The summed E-state index contributed by atoms with van der Waals surface area (Å²) in [5, 5.41) is 86.9. The smallest absolute Gasteiger partial charge is 0.187 e. The Morgan fingerprint density at radius 2 is 1.29 bits per heavy atom. The molecule has 166 valence electrons. The summed E-state index contributed by atoms with van der Waals surface area (Å²) >= 11 is 0. The zero-order valence-electron chi connectivity index (χ0n) is 14.8. The molecule has 0 radical (unpaired) electrons. The second-order valence-electron chi connectivity index (χ2n) is 6.67. The van der Waals surface area contributed by atoms with Gasteiger partial charge in [-0.1, -0.05) is 0 Å². The molecule has 13 nitrogen and oxygen atoms in total. The lowest BCUT2D eigenvalue weighted by atomic mass is 9.97. The standard InChI is InChI=1S/C15H28O13/c16-1-5(19)4-25-14-12(24)10(22)13(7(3-18)27-14)28-15-11(23)9(21)8(20)6(2-17)26-15/h5-24H,1-4H2/t5-,6-,7-,8+,9+,10-,11-,12-,13+,14+,15+/m1/s1. The molecule has 2 saturated heterocycles. The first-order valence-corrected chi connectivity index (χ1v) is 8.74. The molecule has 0 aromatic heterocycles. The second-order valence-corrected chi connectivity index (χ2v) is 6.67. The summed E-state index contributed by atoms with van der Waals surface area (Å²) < 4.78 is 20.9. The van der Waals surface area contributed by atoms with Crippen molar-refractivity contribution in [3.63, 3.8) is 0 Å². The molecule has 2 rings (SSSR count). The highest BCUT2D eigenvalue weighted by atomic mass is 16.7. The largest absolute Gasteiger partial charge is 0.394 e. The van der Waals surface area contributed by atoms with Crippen molar-refractivity contribution in [2.45, 2.75) is 67.5 Å². The minimum atomic E-state index is -1.75. The van der Waals surface area contributed by atoms with Crippen molar-refractivity contribution in [2.75, 3.05) is 26.4 Å². The van der Waals surface area contributed by atoms with Crippen molar-refractivity contribution < 1.29 is 64.9 Å². The summed E-state index contributed by atoms with van der Waals surface area (Å²) in [6, 6.07) is 0. The molecule has 9 N–H and O–H groups in total. The van der Waals surface area contributed by atoms with Gasteiger partial charge in [-0.15, -0.1) is 0 Å². The van der Waals surface area contributed by atoms with Crippen LogP contribution in [-0.4, -0.2) is 140 Å². The van der Waals surface area contributed by atoms with Crippen LogP contribution in [0.5, 0.6) is 0 Å². The van der Waals surface area contributed by atoms with Crippen molar-refractivity contribution >= 4 is 0 Å². The quantitative estimate of drug-likeness (QED) is 0.180. The highest BCUT2D eigenvalue weighted by Gasteiger charge is 2.50. The molecule has 28 heavy (non-hydrogen) atoms. The molecular formula is C15H28O13. The lowest BCUT2D eigenvalue weighted by molar-refractivity contribution is -0.360. The first-order valence-electron chi connectivity index (χ1n) is 8.74. The van der Waals surface area contributed by atoms with Crippen LogP contribution in [0.15, 0.2) is 0 Å². The molecule has 0 aromatic carbocycles. The lowest BCUT2D eigenvalue weighted by Gasteiger charge is -2.46. The van der Waals surface area contributed by atoms with E-state index in [-0.39, 0.29) is 0 Å². The van der Waals surface area contributed by atoms with Gasteiger partial charge in [0.15, 0.2) is 12.6 Å². The van der Waals surface area contributed by atoms with Gasteiger partial charge in [0.2, 0.25) is 0 Å². The van der Waals surface area contributed by atoms with Crippen LogP contribution in [0.4, 0.5) is 0 Å². The maximum absolute atomic E-state index is 10.3. The molecule has 13 heteroatoms. The molecule has 0 bridgehead atoms. The molecule has 0 aliphatic carbocycles. The monoisotopic (exact) mass is 416 g/mol. The minimum absolute atomic E-state index is 0.415. The Bertz CT molecular complexity index is 463. The second kappa shape index (κ2) is 10.5. The third kappa shape index (κ3) is 5.14. The van der Waals surface area contributed by atoms with Crippen LogP contribution in [0.3, 0.4) is 0 Å². The van der Waals surface area contributed by atoms with Gasteiger partial charge in [0, 0.05) is 0 Å². The number of rotatable bonds is 8. The fourth-order valence-corrected chi connectivity index (χ4v) is 2.95. The van der Waals surface area contributed by atoms with E-state index in [1.54, 1.807) is 0 Å². The molecule has 2 heterocycles. The van der Waals surface area contributed by atoms with Crippen molar-refractivity contribution in [1.29, 1.82) is 0 Å². The average Bonchev–Trinajstić information content (AvgIpc) is 2.70. The Morgan fingerprint density at radius 3 is 1.86 bits per heavy atom. The van der Waals surface area contributed by atoms with E-state index >= 15 is 0 Å². The normalized spacial score (nSPS) is 45.8. The fraction of sp³-hybridized carbons (Fsp3) is 1.00. The van der Waals surface area contributed by atoms with Crippen LogP contribution in [-0.2, 0) is 18.9 Å². The van der Waals surface area contributed by atoms with Crippen LogP contribution in [0.2, 0.25) is 0 Å². The number of aliphatic hydroxyl groups excluding tert-OH is 9. The van der Waals surface area contributed by atoms with Crippen LogP contribution < -0.4 is 0 Å². The van der Waals surface area contributed by atoms with Gasteiger partial charge in [-0.25, -0.2) is 0 Å². The van der Waals surface area contributed by atoms with Gasteiger partial charge in [-0.2, -0.15) is 0 Å². The molecule has 0 saturated carbocycles. The maximum Gasteiger partial charge on any atom is 0.187 e. The summed E-state index contributed by atoms with van der Waals surface area (Å²) in [5.41, 5.74) is 0. The fourth-order valence-electron chi connectivity index (χ4n) is 2.95. The molecule has 0 spiro atoms. The third-order valence-corrected chi connectivity index (χ3v) is 4.62. The van der Waals surface area contributed by atoms with E-state index in [1.807, 2.05) is 0 Å². The van der Waals surface area contributed by atoms with Gasteiger partial charge in [0.05, 0.1) is 26.4 Å². The Morgan fingerprint density at radius 1 is 0.714 bits per heavy atom. The van der Waals surface area contributed by atoms with Gasteiger partial charge >= 0.3 is 0 Å². The number of aliphatic hydroxyl groups is 9. The molecule has 11 atom stereocenters. The predicted molar refractivity (Wildman–Crippen MR) is 85.4 cm³/mol. The van der Waals surface area contributed by atoms with E-state index < -0.39 is 93.9 Å². The Hall–Kier alpha value is -0.520. The summed E-state index contributed by atoms with van der Waals surface area (Å²) in [4.78, 5) is 0. The van der Waals surface area contributed by atoms with Crippen molar-refractivity contribution in [3.8, 4) is 0 Å². The summed E-state index contributed by atoms with van der Waals surface area (Å²) in [6.45, 7) is -2.41. The first kappa shape index (κ1) is 23.8. The Balaban J connectivity index is 2.06. The molecule has 2 aliphatic heterocycles. The molecule has 0 aromatic rings. The molecule has 2 aliphatic rings. The summed E-state index contributed by atoms with van der Waals surface area (Å²) in [5.74, 6) is 0. The zero-order valence-corrected chi connectivity index (χ0v) is 14.8. The van der Waals surface area contributed by atoms with Crippen molar-refractivity contribution in [1.82, 2.24) is 0 Å². The third-order valence-electron chi connectivity index (χ3n) is 4.62. The van der Waals surface area contributed by atoms with E-state index in [1.165, 1.54) is 0 Å². The van der Waals surface area contributed by atoms with Crippen LogP contribution >= 0.6 is 0 Å². The van der Waals surface area contributed by atoms with E-state index in [2.05, 4.69) is 0 Å². The van der Waals surface area contributed by atoms with Crippen molar-refractivity contribution in [3.05, 3.63) is 0 Å². The first-order chi connectivity index (χ1) is 13.2. The van der Waals surface area contributed by atoms with Crippen LogP contribution in [0.1, 0.15) is 0 Å². The minimum Gasteiger partial charge on any atom is -0.394 e. The molecule has 2 fully saturated rings. The summed E-state index contributed by atoms with van der Waals surface area (Å²) in [7, 11) is 0. The highest BCUT2D eigenvalue weighted by Crippen LogP contribution is 2.29. The summed E-state index contributed by atoms with van der Waals surface area (Å²) in [6.07, 6.45) is -16.7. The van der Waals surface area contributed by atoms with Crippen LogP contribution in [0.25, 0.3) is 0 Å².